The average molecular weight is 353 g/mol. The number of anilines is 1. The van der Waals surface area contributed by atoms with E-state index in [9.17, 15) is 4.79 Å². The van der Waals surface area contributed by atoms with Gasteiger partial charge < -0.3 is 9.80 Å². The van der Waals surface area contributed by atoms with Crippen molar-refractivity contribution in [3.63, 3.8) is 0 Å². The third kappa shape index (κ3) is 4.00. The summed E-state index contributed by atoms with van der Waals surface area (Å²) in [5, 5.41) is 0. The van der Waals surface area contributed by atoms with E-state index in [-0.39, 0.29) is 11.3 Å². The highest BCUT2D eigenvalue weighted by molar-refractivity contribution is 5.77. The van der Waals surface area contributed by atoms with Crippen molar-refractivity contribution in [3.05, 3.63) is 35.8 Å². The molecule has 0 unspecified atom stereocenters. The Bertz CT molecular complexity index is 796. The summed E-state index contributed by atoms with van der Waals surface area (Å²) in [7, 11) is 3.99. The Morgan fingerprint density at radius 1 is 1.19 bits per heavy atom. The van der Waals surface area contributed by atoms with Crippen LogP contribution in [-0.2, 0) is 17.8 Å². The Labute approximate surface area is 155 Å². The van der Waals surface area contributed by atoms with E-state index in [4.69, 9.17) is 9.97 Å². The van der Waals surface area contributed by atoms with Crippen molar-refractivity contribution in [1.82, 2.24) is 19.9 Å². The fourth-order valence-electron chi connectivity index (χ4n) is 3.19. The molecule has 2 aromatic rings. The van der Waals surface area contributed by atoms with Crippen molar-refractivity contribution in [2.75, 3.05) is 25.5 Å². The normalized spacial score (nSPS) is 14.1. The van der Waals surface area contributed by atoms with Gasteiger partial charge in [-0.15, -0.1) is 0 Å². The zero-order valence-electron chi connectivity index (χ0n) is 16.3. The molecule has 1 aliphatic rings. The molecule has 6 heteroatoms. The molecule has 1 amide bonds. The quantitative estimate of drug-likeness (QED) is 0.849. The molecular weight excluding hydrogens is 326 g/mol. The topological polar surface area (TPSA) is 62.2 Å². The zero-order chi connectivity index (χ0) is 18.9. The highest BCUT2D eigenvalue weighted by atomic mass is 16.2. The molecular formula is C20H27N5O. The molecule has 138 valence electrons. The van der Waals surface area contributed by atoms with Crippen LogP contribution in [0.3, 0.4) is 0 Å². The van der Waals surface area contributed by atoms with Crippen molar-refractivity contribution in [2.45, 2.75) is 40.2 Å². The fourth-order valence-corrected chi connectivity index (χ4v) is 3.19. The lowest BCUT2D eigenvalue weighted by molar-refractivity contribution is -0.134. The Morgan fingerprint density at radius 2 is 1.88 bits per heavy atom. The van der Waals surface area contributed by atoms with Gasteiger partial charge in [-0.25, -0.2) is 9.97 Å². The van der Waals surface area contributed by atoms with Crippen molar-refractivity contribution in [3.8, 4) is 11.4 Å². The molecule has 0 aromatic carbocycles. The van der Waals surface area contributed by atoms with E-state index in [0.717, 1.165) is 35.6 Å². The second-order valence-corrected chi connectivity index (χ2v) is 8.23. The van der Waals surface area contributed by atoms with E-state index in [1.165, 1.54) is 0 Å². The number of fused-ring (bicyclic) bond motifs is 1. The lowest BCUT2D eigenvalue weighted by atomic mass is 9.91. The average Bonchev–Trinajstić information content (AvgIpc) is 2.59. The summed E-state index contributed by atoms with van der Waals surface area (Å²) in [6.07, 6.45) is 4.82. The molecule has 3 rings (SSSR count). The van der Waals surface area contributed by atoms with Crippen molar-refractivity contribution in [1.29, 1.82) is 0 Å². The third-order valence-corrected chi connectivity index (χ3v) is 4.44. The number of aromatic nitrogens is 3. The number of hydrogen-bond donors (Lipinski definition) is 0. The lowest BCUT2D eigenvalue weighted by Gasteiger charge is -2.32. The predicted octanol–water partition coefficient (Wildman–Crippen LogP) is 2.93. The molecule has 0 fully saturated rings. The van der Waals surface area contributed by atoms with Crippen molar-refractivity contribution >= 4 is 11.7 Å². The second kappa shape index (κ2) is 7.02. The maximum absolute atomic E-state index is 12.7. The van der Waals surface area contributed by atoms with Gasteiger partial charge in [-0.3, -0.25) is 9.78 Å². The van der Waals surface area contributed by atoms with Crippen molar-refractivity contribution < 1.29 is 4.79 Å². The number of carbonyl (C=O) groups excluding carboxylic acids is 1. The second-order valence-electron chi connectivity index (χ2n) is 8.23. The van der Waals surface area contributed by atoms with Crippen LogP contribution in [0.5, 0.6) is 0 Å². The van der Waals surface area contributed by atoms with Gasteiger partial charge in [-0.1, -0.05) is 20.8 Å². The monoisotopic (exact) mass is 353 g/mol. The van der Waals surface area contributed by atoms with Gasteiger partial charge in [0.2, 0.25) is 5.91 Å². The molecule has 0 atom stereocenters. The molecule has 0 radical (unpaired) electrons. The molecule has 0 aliphatic carbocycles. The smallest absolute Gasteiger partial charge is 0.223 e. The van der Waals surface area contributed by atoms with Crippen LogP contribution in [0.1, 0.15) is 38.4 Å². The molecule has 0 bridgehead atoms. The highest BCUT2D eigenvalue weighted by Crippen LogP contribution is 2.29. The summed E-state index contributed by atoms with van der Waals surface area (Å²) < 4.78 is 0. The van der Waals surface area contributed by atoms with E-state index in [1.807, 2.05) is 36.0 Å². The maximum Gasteiger partial charge on any atom is 0.223 e. The van der Waals surface area contributed by atoms with Gasteiger partial charge in [0.15, 0.2) is 5.82 Å². The highest BCUT2D eigenvalue weighted by Gasteiger charge is 2.28. The van der Waals surface area contributed by atoms with Gasteiger partial charge in [-0.05, 0) is 24.0 Å². The summed E-state index contributed by atoms with van der Waals surface area (Å²) in [5.41, 5.74) is 3.01. The number of rotatable bonds is 3. The van der Waals surface area contributed by atoms with E-state index in [0.29, 0.717) is 18.8 Å². The Balaban J connectivity index is 1.95. The van der Waals surface area contributed by atoms with E-state index < -0.39 is 0 Å². The zero-order valence-corrected chi connectivity index (χ0v) is 16.3. The van der Waals surface area contributed by atoms with Crippen LogP contribution in [0.15, 0.2) is 24.5 Å². The molecule has 6 nitrogen and oxygen atoms in total. The summed E-state index contributed by atoms with van der Waals surface area (Å²) in [6.45, 7) is 7.55. The van der Waals surface area contributed by atoms with Crippen LogP contribution in [0, 0.1) is 5.41 Å². The predicted molar refractivity (Wildman–Crippen MR) is 103 cm³/mol. The van der Waals surface area contributed by atoms with Crippen molar-refractivity contribution in [2.24, 2.45) is 5.41 Å². The van der Waals surface area contributed by atoms with Gasteiger partial charge in [0.25, 0.3) is 0 Å². The molecule has 1 aliphatic heterocycles. The molecule has 26 heavy (non-hydrogen) atoms. The first-order chi connectivity index (χ1) is 12.2. The molecule has 0 saturated heterocycles. The van der Waals surface area contributed by atoms with Crippen LogP contribution >= 0.6 is 0 Å². The van der Waals surface area contributed by atoms with E-state index in [1.54, 1.807) is 12.4 Å². The van der Waals surface area contributed by atoms with Gasteiger partial charge >= 0.3 is 0 Å². The summed E-state index contributed by atoms with van der Waals surface area (Å²) in [5.74, 6) is 1.81. The number of carbonyl (C=O) groups is 1. The first-order valence-electron chi connectivity index (χ1n) is 9.00. The lowest BCUT2D eigenvalue weighted by Crippen LogP contribution is -2.39. The first-order valence-corrected chi connectivity index (χ1v) is 9.00. The SMILES string of the molecule is CN(C)c1nc(-c2ccncc2)nc2c1CCN(C(=O)CC(C)(C)C)C2. The van der Waals surface area contributed by atoms with Gasteiger partial charge in [0, 0.05) is 50.6 Å². The first kappa shape index (κ1) is 18.3. The maximum atomic E-state index is 12.7. The van der Waals surface area contributed by atoms with Crippen LogP contribution < -0.4 is 4.90 Å². The largest absolute Gasteiger partial charge is 0.362 e. The Morgan fingerprint density at radius 3 is 2.50 bits per heavy atom. The molecule has 0 N–H and O–H groups in total. The summed E-state index contributed by atoms with van der Waals surface area (Å²) >= 11 is 0. The van der Waals surface area contributed by atoms with Crippen LogP contribution in [-0.4, -0.2) is 46.4 Å². The summed E-state index contributed by atoms with van der Waals surface area (Å²) in [6, 6.07) is 3.82. The number of amides is 1. The molecule has 3 heterocycles. The van der Waals surface area contributed by atoms with Gasteiger partial charge in [-0.2, -0.15) is 0 Å². The van der Waals surface area contributed by atoms with Crippen LogP contribution in [0.2, 0.25) is 0 Å². The minimum atomic E-state index is -0.0139. The fraction of sp³-hybridized carbons (Fsp3) is 0.500. The van der Waals surface area contributed by atoms with Crippen LogP contribution in [0.4, 0.5) is 5.82 Å². The third-order valence-electron chi connectivity index (χ3n) is 4.44. The number of nitrogens with zero attached hydrogens (tertiary/aromatic N) is 5. The number of hydrogen-bond acceptors (Lipinski definition) is 5. The Hall–Kier alpha value is -2.50. The van der Waals surface area contributed by atoms with E-state index >= 15 is 0 Å². The molecule has 2 aromatic heterocycles. The van der Waals surface area contributed by atoms with Crippen LogP contribution in [0.25, 0.3) is 11.4 Å². The van der Waals surface area contributed by atoms with E-state index in [2.05, 4.69) is 25.8 Å². The number of pyridine rings is 1. The minimum Gasteiger partial charge on any atom is -0.362 e. The van der Waals surface area contributed by atoms with Gasteiger partial charge in [0.1, 0.15) is 5.82 Å². The minimum absolute atomic E-state index is 0.0139. The molecule has 0 spiro atoms. The standard InChI is InChI=1S/C20H27N5O/c1-20(2,3)12-17(26)25-11-8-15-16(13-25)22-18(23-19(15)24(4)5)14-6-9-21-10-7-14/h6-7,9-10H,8,11-13H2,1-5H3. The van der Waals surface area contributed by atoms with Gasteiger partial charge in [0.05, 0.1) is 12.2 Å². The molecule has 0 saturated carbocycles. The summed E-state index contributed by atoms with van der Waals surface area (Å²) in [4.78, 5) is 30.2. The Kier molecular flexibility index (Phi) is 4.94.